The Morgan fingerprint density at radius 2 is 2.06 bits per heavy atom. The molecule has 0 saturated carbocycles. The van der Waals surface area contributed by atoms with Gasteiger partial charge in [0.1, 0.15) is 18.6 Å². The second kappa shape index (κ2) is 6.01. The fourth-order valence-electron chi connectivity index (χ4n) is 2.39. The van der Waals surface area contributed by atoms with E-state index >= 15 is 0 Å². The highest BCUT2D eigenvalue weighted by Gasteiger charge is 2.15. The minimum atomic E-state index is 0.211. The Hall–Kier alpha value is -1.35. The standard InChI is InChI=1S/C15H20O3/c1-11-7-13(9-16)8-12(2)15(11)18-10-14-5-3-4-6-17-14/h7-9,14H,3-6,10H2,1-2H3. The van der Waals surface area contributed by atoms with Crippen LogP contribution in [0.3, 0.4) is 0 Å². The quantitative estimate of drug-likeness (QED) is 0.768. The van der Waals surface area contributed by atoms with Gasteiger partial charge in [0.05, 0.1) is 6.10 Å². The topological polar surface area (TPSA) is 35.5 Å². The Labute approximate surface area is 108 Å². The average molecular weight is 248 g/mol. The van der Waals surface area contributed by atoms with Crippen LogP contribution >= 0.6 is 0 Å². The first kappa shape index (κ1) is 13.1. The van der Waals surface area contributed by atoms with Crippen LogP contribution in [0.1, 0.15) is 40.7 Å². The molecule has 2 rings (SSSR count). The van der Waals surface area contributed by atoms with E-state index in [1.54, 1.807) is 0 Å². The summed E-state index contributed by atoms with van der Waals surface area (Å²) in [5.41, 5.74) is 2.71. The van der Waals surface area contributed by atoms with Crippen molar-refractivity contribution in [2.45, 2.75) is 39.2 Å². The van der Waals surface area contributed by atoms with Crippen molar-refractivity contribution in [3.8, 4) is 5.75 Å². The molecule has 1 aliphatic rings. The Morgan fingerprint density at radius 3 is 2.61 bits per heavy atom. The molecule has 3 nitrogen and oxygen atoms in total. The van der Waals surface area contributed by atoms with Crippen LogP contribution in [-0.2, 0) is 4.74 Å². The maximum atomic E-state index is 10.8. The maximum Gasteiger partial charge on any atom is 0.150 e. The van der Waals surface area contributed by atoms with Crippen molar-refractivity contribution < 1.29 is 14.3 Å². The molecule has 0 bridgehead atoms. The molecule has 0 N–H and O–H groups in total. The fourth-order valence-corrected chi connectivity index (χ4v) is 2.39. The van der Waals surface area contributed by atoms with E-state index in [4.69, 9.17) is 9.47 Å². The first-order valence-corrected chi connectivity index (χ1v) is 6.51. The van der Waals surface area contributed by atoms with Gasteiger partial charge in [-0.1, -0.05) is 0 Å². The first-order valence-electron chi connectivity index (χ1n) is 6.51. The highest BCUT2D eigenvalue weighted by molar-refractivity contribution is 5.76. The molecule has 1 fully saturated rings. The second-order valence-corrected chi connectivity index (χ2v) is 4.90. The SMILES string of the molecule is Cc1cc(C=O)cc(C)c1OCC1CCCCO1. The molecule has 1 saturated heterocycles. The maximum absolute atomic E-state index is 10.8. The molecule has 0 aromatic heterocycles. The van der Waals surface area contributed by atoms with E-state index in [-0.39, 0.29) is 6.10 Å². The Morgan fingerprint density at radius 1 is 1.33 bits per heavy atom. The molecule has 0 aliphatic carbocycles. The second-order valence-electron chi connectivity index (χ2n) is 4.90. The number of carbonyl (C=O) groups is 1. The average Bonchev–Trinajstić information content (AvgIpc) is 2.38. The number of hydrogen-bond donors (Lipinski definition) is 0. The number of aldehydes is 1. The zero-order valence-corrected chi connectivity index (χ0v) is 11.1. The molecule has 1 aromatic carbocycles. The molecule has 1 atom stereocenters. The van der Waals surface area contributed by atoms with Gasteiger partial charge in [-0.3, -0.25) is 4.79 Å². The van der Waals surface area contributed by atoms with Gasteiger partial charge in [-0.25, -0.2) is 0 Å². The molecule has 0 spiro atoms. The Bertz CT molecular complexity index is 397. The van der Waals surface area contributed by atoms with Crippen LogP contribution in [0.2, 0.25) is 0 Å². The molecule has 1 heterocycles. The smallest absolute Gasteiger partial charge is 0.150 e. The van der Waals surface area contributed by atoms with E-state index in [0.29, 0.717) is 12.2 Å². The predicted octanol–water partition coefficient (Wildman–Crippen LogP) is 3.06. The number of aryl methyl sites for hydroxylation is 2. The van der Waals surface area contributed by atoms with Gasteiger partial charge in [0.15, 0.2) is 0 Å². The number of hydrogen-bond acceptors (Lipinski definition) is 3. The van der Waals surface area contributed by atoms with E-state index in [0.717, 1.165) is 42.6 Å². The number of carbonyl (C=O) groups excluding carboxylic acids is 1. The Kier molecular flexibility index (Phi) is 4.37. The molecule has 18 heavy (non-hydrogen) atoms. The zero-order valence-electron chi connectivity index (χ0n) is 11.1. The zero-order chi connectivity index (χ0) is 13.0. The Balaban J connectivity index is 2.02. The molecule has 1 aromatic rings. The molecular formula is C15H20O3. The summed E-state index contributed by atoms with van der Waals surface area (Å²) in [7, 11) is 0. The van der Waals surface area contributed by atoms with Crippen molar-refractivity contribution in [1.82, 2.24) is 0 Å². The lowest BCUT2D eigenvalue weighted by molar-refractivity contribution is -0.0113. The third-order valence-corrected chi connectivity index (χ3v) is 3.31. The monoisotopic (exact) mass is 248 g/mol. The summed E-state index contributed by atoms with van der Waals surface area (Å²) in [5.74, 6) is 0.884. The molecule has 0 radical (unpaired) electrons. The molecular weight excluding hydrogens is 228 g/mol. The number of benzene rings is 1. The molecule has 1 aliphatic heterocycles. The lowest BCUT2D eigenvalue weighted by atomic mass is 10.1. The van der Waals surface area contributed by atoms with Gasteiger partial charge in [0.25, 0.3) is 0 Å². The minimum Gasteiger partial charge on any atom is -0.490 e. The predicted molar refractivity (Wildman–Crippen MR) is 70.4 cm³/mol. The third kappa shape index (κ3) is 3.10. The van der Waals surface area contributed by atoms with Gasteiger partial charge in [0, 0.05) is 12.2 Å². The van der Waals surface area contributed by atoms with Gasteiger partial charge in [-0.05, 0) is 56.4 Å². The molecule has 0 amide bonds. The van der Waals surface area contributed by atoms with Crippen LogP contribution in [0.4, 0.5) is 0 Å². The number of ether oxygens (including phenoxy) is 2. The third-order valence-electron chi connectivity index (χ3n) is 3.31. The molecule has 3 heteroatoms. The summed E-state index contributed by atoms with van der Waals surface area (Å²) in [6.45, 7) is 5.38. The van der Waals surface area contributed by atoms with Crippen LogP contribution in [0.15, 0.2) is 12.1 Å². The van der Waals surface area contributed by atoms with Crippen LogP contribution < -0.4 is 4.74 Å². The van der Waals surface area contributed by atoms with E-state index in [2.05, 4.69) is 0 Å². The van der Waals surface area contributed by atoms with Crippen LogP contribution in [0, 0.1) is 13.8 Å². The fraction of sp³-hybridized carbons (Fsp3) is 0.533. The summed E-state index contributed by atoms with van der Waals surface area (Å²) >= 11 is 0. The van der Waals surface area contributed by atoms with Crippen LogP contribution in [0.25, 0.3) is 0 Å². The van der Waals surface area contributed by atoms with Gasteiger partial charge in [0.2, 0.25) is 0 Å². The summed E-state index contributed by atoms with van der Waals surface area (Å²) in [6, 6.07) is 3.72. The van der Waals surface area contributed by atoms with Crippen LogP contribution in [-0.4, -0.2) is 25.6 Å². The summed E-state index contributed by atoms with van der Waals surface area (Å²) < 4.78 is 11.5. The van der Waals surface area contributed by atoms with Crippen molar-refractivity contribution in [3.63, 3.8) is 0 Å². The lowest BCUT2D eigenvalue weighted by Crippen LogP contribution is -2.26. The van der Waals surface area contributed by atoms with Crippen molar-refractivity contribution in [2.75, 3.05) is 13.2 Å². The molecule has 1 unspecified atom stereocenters. The normalized spacial score (nSPS) is 19.6. The minimum absolute atomic E-state index is 0.211. The van der Waals surface area contributed by atoms with Gasteiger partial charge in [-0.2, -0.15) is 0 Å². The highest BCUT2D eigenvalue weighted by Crippen LogP contribution is 2.25. The largest absolute Gasteiger partial charge is 0.490 e. The van der Waals surface area contributed by atoms with Crippen molar-refractivity contribution in [1.29, 1.82) is 0 Å². The van der Waals surface area contributed by atoms with Gasteiger partial charge in [-0.15, -0.1) is 0 Å². The van der Waals surface area contributed by atoms with E-state index in [1.807, 2.05) is 26.0 Å². The summed E-state index contributed by atoms with van der Waals surface area (Å²) in [6.07, 6.45) is 4.53. The van der Waals surface area contributed by atoms with E-state index < -0.39 is 0 Å². The van der Waals surface area contributed by atoms with Crippen molar-refractivity contribution >= 4 is 6.29 Å². The molecule has 98 valence electrons. The van der Waals surface area contributed by atoms with Crippen molar-refractivity contribution in [3.05, 3.63) is 28.8 Å². The lowest BCUT2D eigenvalue weighted by Gasteiger charge is -2.23. The van der Waals surface area contributed by atoms with Crippen LogP contribution in [0.5, 0.6) is 5.75 Å². The van der Waals surface area contributed by atoms with Crippen molar-refractivity contribution in [2.24, 2.45) is 0 Å². The summed E-state index contributed by atoms with van der Waals surface area (Å²) in [5, 5.41) is 0. The first-order chi connectivity index (χ1) is 8.70. The highest BCUT2D eigenvalue weighted by atomic mass is 16.5. The van der Waals surface area contributed by atoms with Gasteiger partial charge < -0.3 is 9.47 Å². The van der Waals surface area contributed by atoms with E-state index in [9.17, 15) is 4.79 Å². The van der Waals surface area contributed by atoms with E-state index in [1.165, 1.54) is 6.42 Å². The van der Waals surface area contributed by atoms with Gasteiger partial charge >= 0.3 is 0 Å². The number of rotatable bonds is 4. The summed E-state index contributed by atoms with van der Waals surface area (Å²) in [4.78, 5) is 10.8.